The van der Waals surface area contributed by atoms with E-state index in [9.17, 15) is 9.59 Å². The fourth-order valence-corrected chi connectivity index (χ4v) is 1.63. The van der Waals surface area contributed by atoms with Crippen LogP contribution in [0.1, 0.15) is 10.5 Å². The van der Waals surface area contributed by atoms with Gasteiger partial charge in [-0.15, -0.1) is 5.10 Å². The van der Waals surface area contributed by atoms with E-state index in [2.05, 4.69) is 36.5 Å². The maximum absolute atomic E-state index is 11.8. The summed E-state index contributed by atoms with van der Waals surface area (Å²) in [6, 6.07) is 1.61. The molecule has 9 heteroatoms. The van der Waals surface area contributed by atoms with Gasteiger partial charge in [-0.1, -0.05) is 5.21 Å². The molecule has 2 rings (SSSR count). The first kappa shape index (κ1) is 13.1. The smallest absolute Gasteiger partial charge is 0.325 e. The van der Waals surface area contributed by atoms with Gasteiger partial charge in [0.15, 0.2) is 5.69 Å². The van der Waals surface area contributed by atoms with E-state index in [0.717, 1.165) is 4.68 Å². The third-order valence-electron chi connectivity index (χ3n) is 2.09. The Morgan fingerprint density at radius 1 is 1.47 bits per heavy atom. The van der Waals surface area contributed by atoms with Crippen LogP contribution in [-0.4, -0.2) is 37.0 Å². The van der Waals surface area contributed by atoms with Crippen molar-refractivity contribution in [1.29, 1.82) is 0 Å². The Balaban J connectivity index is 2.10. The first-order chi connectivity index (χ1) is 9.06. The molecule has 0 aliphatic carbocycles. The standard InChI is InChI=1S/C10H8BrN5O3/c11-6-3-12-2-1-7(6)13-10(19)8-4-16(15-14-8)5-9(17)18/h1-4H,5H2,(H,17,18)(H,12,13,19). The molecule has 0 aliphatic heterocycles. The van der Waals surface area contributed by atoms with E-state index in [-0.39, 0.29) is 12.2 Å². The number of hydrogen-bond acceptors (Lipinski definition) is 5. The minimum Gasteiger partial charge on any atom is -0.480 e. The second-order valence-corrected chi connectivity index (χ2v) is 4.36. The molecule has 1 amide bonds. The van der Waals surface area contributed by atoms with Gasteiger partial charge in [-0.25, -0.2) is 4.68 Å². The van der Waals surface area contributed by atoms with Crippen LogP contribution in [0.2, 0.25) is 0 Å². The van der Waals surface area contributed by atoms with E-state index in [0.29, 0.717) is 10.2 Å². The molecule has 2 heterocycles. The zero-order valence-electron chi connectivity index (χ0n) is 9.45. The molecular weight excluding hydrogens is 318 g/mol. The molecule has 19 heavy (non-hydrogen) atoms. The van der Waals surface area contributed by atoms with Crippen LogP contribution >= 0.6 is 15.9 Å². The van der Waals surface area contributed by atoms with Gasteiger partial charge in [-0.05, 0) is 22.0 Å². The van der Waals surface area contributed by atoms with Crippen molar-refractivity contribution in [1.82, 2.24) is 20.0 Å². The average Bonchev–Trinajstić information content (AvgIpc) is 2.79. The molecule has 0 aliphatic rings. The Labute approximate surface area is 115 Å². The molecule has 0 saturated carbocycles. The molecule has 98 valence electrons. The molecular formula is C10H8BrN5O3. The molecule has 8 nitrogen and oxygen atoms in total. The van der Waals surface area contributed by atoms with Crippen molar-refractivity contribution >= 4 is 33.5 Å². The number of carboxylic acid groups (broad SMARTS) is 1. The molecule has 0 radical (unpaired) electrons. The Morgan fingerprint density at radius 2 is 2.26 bits per heavy atom. The van der Waals surface area contributed by atoms with Crippen molar-refractivity contribution in [2.45, 2.75) is 6.54 Å². The van der Waals surface area contributed by atoms with Crippen LogP contribution in [0.4, 0.5) is 5.69 Å². The summed E-state index contributed by atoms with van der Waals surface area (Å²) in [5.41, 5.74) is 0.567. The zero-order chi connectivity index (χ0) is 13.8. The second kappa shape index (κ2) is 5.57. The van der Waals surface area contributed by atoms with Gasteiger partial charge in [0.05, 0.1) is 16.4 Å². The van der Waals surface area contributed by atoms with E-state index in [1.807, 2.05) is 0 Å². The van der Waals surface area contributed by atoms with E-state index in [1.165, 1.54) is 18.6 Å². The largest absolute Gasteiger partial charge is 0.480 e. The molecule has 2 N–H and O–H groups in total. The minimum atomic E-state index is -1.06. The van der Waals surface area contributed by atoms with Gasteiger partial charge < -0.3 is 10.4 Å². The van der Waals surface area contributed by atoms with Crippen molar-refractivity contribution in [2.75, 3.05) is 5.32 Å². The highest BCUT2D eigenvalue weighted by Gasteiger charge is 2.13. The van der Waals surface area contributed by atoms with Crippen molar-refractivity contribution in [3.8, 4) is 0 Å². The van der Waals surface area contributed by atoms with Crippen LogP contribution < -0.4 is 5.32 Å². The topological polar surface area (TPSA) is 110 Å². The van der Waals surface area contributed by atoms with E-state index >= 15 is 0 Å². The maximum Gasteiger partial charge on any atom is 0.325 e. The number of carbonyl (C=O) groups is 2. The van der Waals surface area contributed by atoms with Gasteiger partial charge in [0.2, 0.25) is 0 Å². The number of aliphatic carboxylic acids is 1. The molecule has 0 atom stereocenters. The molecule has 2 aromatic heterocycles. The van der Waals surface area contributed by atoms with Crippen LogP contribution in [0.5, 0.6) is 0 Å². The molecule has 0 aromatic carbocycles. The van der Waals surface area contributed by atoms with Crippen molar-refractivity contribution in [3.05, 3.63) is 34.8 Å². The summed E-state index contributed by atoms with van der Waals surface area (Å²) in [6.45, 7) is -0.348. The molecule has 0 spiro atoms. The number of nitrogens with one attached hydrogen (secondary N) is 1. The van der Waals surface area contributed by atoms with Crippen molar-refractivity contribution in [3.63, 3.8) is 0 Å². The lowest BCUT2D eigenvalue weighted by atomic mass is 10.3. The number of carboxylic acids is 1. The van der Waals surface area contributed by atoms with Gasteiger partial charge in [0.1, 0.15) is 6.54 Å². The molecule has 0 unspecified atom stereocenters. The predicted octanol–water partition coefficient (Wildman–Crippen LogP) is 0.773. The van der Waals surface area contributed by atoms with Gasteiger partial charge in [0.25, 0.3) is 5.91 Å². The van der Waals surface area contributed by atoms with E-state index < -0.39 is 11.9 Å². The molecule has 0 fully saturated rings. The summed E-state index contributed by atoms with van der Waals surface area (Å²) >= 11 is 3.24. The summed E-state index contributed by atoms with van der Waals surface area (Å²) in [5, 5.41) is 18.3. The van der Waals surface area contributed by atoms with Crippen molar-refractivity contribution < 1.29 is 14.7 Å². The second-order valence-electron chi connectivity index (χ2n) is 3.50. The average molecular weight is 326 g/mol. The predicted molar refractivity (Wildman–Crippen MR) is 67.5 cm³/mol. The number of halogens is 1. The number of aromatic nitrogens is 4. The first-order valence-electron chi connectivity index (χ1n) is 5.09. The highest BCUT2D eigenvalue weighted by atomic mass is 79.9. The number of pyridine rings is 1. The third kappa shape index (κ3) is 3.35. The fraction of sp³-hybridized carbons (Fsp3) is 0.100. The molecule has 0 saturated heterocycles. The zero-order valence-corrected chi connectivity index (χ0v) is 11.0. The third-order valence-corrected chi connectivity index (χ3v) is 2.72. The van der Waals surface area contributed by atoms with Crippen LogP contribution in [-0.2, 0) is 11.3 Å². The SMILES string of the molecule is O=C(O)Cn1cc(C(=O)Nc2ccncc2Br)nn1. The number of hydrogen-bond donors (Lipinski definition) is 2. The summed E-state index contributed by atoms with van der Waals surface area (Å²) < 4.78 is 1.69. The summed E-state index contributed by atoms with van der Waals surface area (Å²) in [7, 11) is 0. The summed E-state index contributed by atoms with van der Waals surface area (Å²) in [5.74, 6) is -1.54. The van der Waals surface area contributed by atoms with E-state index in [4.69, 9.17) is 5.11 Å². The van der Waals surface area contributed by atoms with Crippen LogP contribution in [0, 0.1) is 0 Å². The van der Waals surface area contributed by atoms with Gasteiger partial charge >= 0.3 is 5.97 Å². The van der Waals surface area contributed by atoms with Gasteiger partial charge in [-0.3, -0.25) is 14.6 Å². The lowest BCUT2D eigenvalue weighted by Gasteiger charge is -2.03. The molecule has 0 bridgehead atoms. The lowest BCUT2D eigenvalue weighted by molar-refractivity contribution is -0.137. The Hall–Kier alpha value is -2.29. The molecule has 2 aromatic rings. The minimum absolute atomic E-state index is 0.0324. The summed E-state index contributed by atoms with van der Waals surface area (Å²) in [4.78, 5) is 26.2. The van der Waals surface area contributed by atoms with Crippen LogP contribution in [0.15, 0.2) is 29.1 Å². The quantitative estimate of drug-likeness (QED) is 0.859. The first-order valence-corrected chi connectivity index (χ1v) is 5.88. The van der Waals surface area contributed by atoms with Gasteiger partial charge in [-0.2, -0.15) is 0 Å². The lowest BCUT2D eigenvalue weighted by Crippen LogP contribution is -2.13. The highest BCUT2D eigenvalue weighted by Crippen LogP contribution is 2.20. The maximum atomic E-state index is 11.8. The Bertz CT molecular complexity index is 627. The number of amides is 1. The highest BCUT2D eigenvalue weighted by molar-refractivity contribution is 9.10. The number of anilines is 1. The Morgan fingerprint density at radius 3 is 2.95 bits per heavy atom. The normalized spacial score (nSPS) is 10.2. The number of rotatable bonds is 4. The monoisotopic (exact) mass is 325 g/mol. The fourth-order valence-electron chi connectivity index (χ4n) is 1.28. The van der Waals surface area contributed by atoms with E-state index in [1.54, 1.807) is 6.07 Å². The van der Waals surface area contributed by atoms with Crippen molar-refractivity contribution in [2.24, 2.45) is 0 Å². The number of carbonyl (C=O) groups excluding carboxylic acids is 1. The Kier molecular flexibility index (Phi) is 3.85. The van der Waals surface area contributed by atoms with Crippen LogP contribution in [0.25, 0.3) is 0 Å². The van der Waals surface area contributed by atoms with Gasteiger partial charge in [0, 0.05) is 12.4 Å². The van der Waals surface area contributed by atoms with Crippen LogP contribution in [0.3, 0.4) is 0 Å². The number of nitrogens with zero attached hydrogens (tertiary/aromatic N) is 4. The summed E-state index contributed by atoms with van der Waals surface area (Å²) in [6.07, 6.45) is 4.33.